The molecule has 1 amide bonds. The van der Waals surface area contributed by atoms with Crippen molar-refractivity contribution in [1.29, 1.82) is 0 Å². The van der Waals surface area contributed by atoms with Gasteiger partial charge in [0.05, 0.1) is 0 Å². The van der Waals surface area contributed by atoms with Gasteiger partial charge in [0.15, 0.2) is 0 Å². The number of carbonyl (C=O) groups is 1. The lowest BCUT2D eigenvalue weighted by molar-refractivity contribution is 0.0743. The Morgan fingerprint density at radius 2 is 1.96 bits per heavy atom. The summed E-state index contributed by atoms with van der Waals surface area (Å²) in [4.78, 5) is 14.6. The zero-order valence-electron chi connectivity index (χ0n) is 14.0. The van der Waals surface area contributed by atoms with Crippen molar-refractivity contribution in [2.75, 3.05) is 13.1 Å². The van der Waals surface area contributed by atoms with Crippen molar-refractivity contribution in [3.05, 3.63) is 58.6 Å². The molecule has 0 spiro atoms. The smallest absolute Gasteiger partial charge is 0.254 e. The molecular weight excluding hydrogens is 404 g/mol. The molecule has 1 aliphatic heterocycles. The van der Waals surface area contributed by atoms with Crippen LogP contribution in [-0.4, -0.2) is 29.9 Å². The molecule has 2 N–H and O–H groups in total. The Bertz CT molecular complexity index is 724. The average Bonchev–Trinajstić information content (AvgIpc) is 2.96. The normalized spacial score (nSPS) is 19.4. The number of ether oxygens (including phenoxy) is 1. The third kappa shape index (κ3) is 4.75. The first-order valence-corrected chi connectivity index (χ1v) is 8.90. The van der Waals surface area contributed by atoms with Crippen molar-refractivity contribution in [1.82, 2.24) is 4.90 Å². The van der Waals surface area contributed by atoms with Gasteiger partial charge in [0.2, 0.25) is 0 Å². The molecule has 6 heteroatoms. The van der Waals surface area contributed by atoms with Gasteiger partial charge in [0, 0.05) is 22.6 Å². The molecule has 134 valence electrons. The van der Waals surface area contributed by atoms with E-state index in [0.29, 0.717) is 23.8 Å². The van der Waals surface area contributed by atoms with Crippen molar-refractivity contribution in [2.45, 2.75) is 19.4 Å². The molecule has 2 aromatic carbocycles. The van der Waals surface area contributed by atoms with Gasteiger partial charge < -0.3 is 15.4 Å². The summed E-state index contributed by atoms with van der Waals surface area (Å²) in [6.07, 6.45) is 0.978. The van der Waals surface area contributed by atoms with Crippen LogP contribution >= 0.6 is 28.3 Å². The van der Waals surface area contributed by atoms with Gasteiger partial charge in [-0.05, 0) is 68.3 Å². The Labute approximate surface area is 162 Å². The molecule has 25 heavy (non-hydrogen) atoms. The summed E-state index contributed by atoms with van der Waals surface area (Å²) in [5.74, 6) is 1.93. The highest BCUT2D eigenvalue weighted by Crippen LogP contribution is 2.27. The van der Waals surface area contributed by atoms with Crippen LogP contribution < -0.4 is 10.5 Å². The summed E-state index contributed by atoms with van der Waals surface area (Å²) in [5.41, 5.74) is 6.42. The molecule has 0 radical (unpaired) electrons. The zero-order chi connectivity index (χ0) is 17.1. The second-order valence-electron chi connectivity index (χ2n) is 6.23. The van der Waals surface area contributed by atoms with Gasteiger partial charge in [-0.2, -0.15) is 0 Å². The number of amides is 1. The summed E-state index contributed by atoms with van der Waals surface area (Å²) < 4.78 is 6.77. The lowest BCUT2D eigenvalue weighted by Gasteiger charge is -2.21. The molecule has 1 heterocycles. The van der Waals surface area contributed by atoms with E-state index in [0.717, 1.165) is 23.2 Å². The molecule has 4 nitrogen and oxygen atoms in total. The fourth-order valence-electron chi connectivity index (χ4n) is 3.09. The van der Waals surface area contributed by atoms with Crippen LogP contribution in [0.4, 0.5) is 0 Å². The van der Waals surface area contributed by atoms with Gasteiger partial charge >= 0.3 is 0 Å². The first-order chi connectivity index (χ1) is 11.6. The van der Waals surface area contributed by atoms with Crippen molar-refractivity contribution in [2.24, 2.45) is 11.7 Å². The lowest BCUT2D eigenvalue weighted by Crippen LogP contribution is -2.34. The average molecular weight is 426 g/mol. The van der Waals surface area contributed by atoms with Crippen molar-refractivity contribution >= 4 is 34.2 Å². The van der Waals surface area contributed by atoms with E-state index in [2.05, 4.69) is 22.9 Å². The van der Waals surface area contributed by atoms with Crippen LogP contribution in [0.1, 0.15) is 23.7 Å². The van der Waals surface area contributed by atoms with Crippen LogP contribution in [0.15, 0.2) is 53.0 Å². The van der Waals surface area contributed by atoms with Crippen molar-refractivity contribution in [3.63, 3.8) is 0 Å². The summed E-state index contributed by atoms with van der Waals surface area (Å²) in [6, 6.07) is 15.2. The molecule has 2 atom stereocenters. The summed E-state index contributed by atoms with van der Waals surface area (Å²) in [7, 11) is 0. The van der Waals surface area contributed by atoms with E-state index in [-0.39, 0.29) is 24.4 Å². The van der Waals surface area contributed by atoms with Crippen LogP contribution in [0.3, 0.4) is 0 Å². The molecule has 2 aromatic rings. The zero-order valence-corrected chi connectivity index (χ0v) is 16.4. The lowest BCUT2D eigenvalue weighted by atomic mass is 10.1. The molecular formula is C19H22BrClN2O2. The Balaban J connectivity index is 0.00000225. The van der Waals surface area contributed by atoms with Crippen LogP contribution in [0.25, 0.3) is 0 Å². The Kier molecular flexibility index (Phi) is 6.87. The van der Waals surface area contributed by atoms with Gasteiger partial charge in [-0.25, -0.2) is 0 Å². The second kappa shape index (κ2) is 8.70. The van der Waals surface area contributed by atoms with Gasteiger partial charge in [-0.3, -0.25) is 4.79 Å². The number of carbonyl (C=O) groups excluding carboxylic acids is 1. The van der Waals surface area contributed by atoms with Gasteiger partial charge in [0.1, 0.15) is 11.5 Å². The maximum absolute atomic E-state index is 12.7. The fraction of sp³-hybridized carbons (Fsp3) is 0.316. The van der Waals surface area contributed by atoms with E-state index in [1.54, 1.807) is 0 Å². The largest absolute Gasteiger partial charge is 0.457 e. The first kappa shape index (κ1) is 19.8. The van der Waals surface area contributed by atoms with E-state index in [4.69, 9.17) is 10.5 Å². The minimum atomic E-state index is 0. The van der Waals surface area contributed by atoms with E-state index in [1.807, 2.05) is 53.4 Å². The predicted octanol–water partition coefficient (Wildman–Crippen LogP) is 4.47. The molecule has 3 rings (SSSR count). The summed E-state index contributed by atoms with van der Waals surface area (Å²) in [6.45, 7) is 3.46. The molecule has 1 aliphatic rings. The minimum absolute atomic E-state index is 0. The van der Waals surface area contributed by atoms with E-state index >= 15 is 0 Å². The van der Waals surface area contributed by atoms with Crippen LogP contribution in [-0.2, 0) is 0 Å². The van der Waals surface area contributed by atoms with Gasteiger partial charge in [0.25, 0.3) is 5.91 Å². The molecule has 1 saturated heterocycles. The third-order valence-electron chi connectivity index (χ3n) is 4.39. The Morgan fingerprint density at radius 1 is 1.24 bits per heavy atom. The highest BCUT2D eigenvalue weighted by Gasteiger charge is 2.31. The molecule has 1 fully saturated rings. The van der Waals surface area contributed by atoms with Crippen LogP contribution in [0.5, 0.6) is 11.5 Å². The third-order valence-corrected chi connectivity index (χ3v) is 4.88. The minimum Gasteiger partial charge on any atom is -0.457 e. The van der Waals surface area contributed by atoms with Crippen LogP contribution in [0.2, 0.25) is 0 Å². The molecule has 2 unspecified atom stereocenters. The highest BCUT2D eigenvalue weighted by atomic mass is 79.9. The van der Waals surface area contributed by atoms with E-state index < -0.39 is 0 Å². The molecule has 0 bridgehead atoms. The topological polar surface area (TPSA) is 55.6 Å². The monoisotopic (exact) mass is 424 g/mol. The van der Waals surface area contributed by atoms with Crippen LogP contribution in [0, 0.1) is 5.92 Å². The standard InChI is InChI=1S/C19H21BrN2O2.ClH/c1-13-9-14(11-21)12-22(13)19(23)15-5-7-17(8-6-15)24-18-4-2-3-16(20)10-18;/h2-8,10,13-14H,9,11-12,21H2,1H3;1H. The number of nitrogens with zero attached hydrogens (tertiary/aromatic N) is 1. The van der Waals surface area contributed by atoms with Gasteiger partial charge in [-0.1, -0.05) is 22.0 Å². The highest BCUT2D eigenvalue weighted by molar-refractivity contribution is 9.10. The first-order valence-electron chi connectivity index (χ1n) is 8.11. The van der Waals surface area contributed by atoms with Gasteiger partial charge in [-0.15, -0.1) is 12.4 Å². The van der Waals surface area contributed by atoms with Crippen molar-refractivity contribution < 1.29 is 9.53 Å². The number of benzene rings is 2. The van der Waals surface area contributed by atoms with Crippen molar-refractivity contribution in [3.8, 4) is 11.5 Å². The predicted molar refractivity (Wildman–Crippen MR) is 106 cm³/mol. The van der Waals surface area contributed by atoms with E-state index in [1.165, 1.54) is 0 Å². The number of rotatable bonds is 4. The molecule has 0 saturated carbocycles. The SMILES string of the molecule is CC1CC(CN)CN1C(=O)c1ccc(Oc2cccc(Br)c2)cc1.Cl. The Hall–Kier alpha value is -1.56. The number of hydrogen-bond donors (Lipinski definition) is 1. The Morgan fingerprint density at radius 3 is 2.56 bits per heavy atom. The van der Waals surface area contributed by atoms with E-state index in [9.17, 15) is 4.79 Å². The number of hydrogen-bond acceptors (Lipinski definition) is 3. The second-order valence-corrected chi connectivity index (χ2v) is 7.14. The summed E-state index contributed by atoms with van der Waals surface area (Å²) >= 11 is 3.42. The summed E-state index contributed by atoms with van der Waals surface area (Å²) in [5, 5.41) is 0. The molecule has 0 aliphatic carbocycles. The fourth-order valence-corrected chi connectivity index (χ4v) is 3.47. The number of likely N-dealkylation sites (tertiary alicyclic amines) is 1. The number of nitrogens with two attached hydrogens (primary N) is 1. The molecule has 0 aromatic heterocycles. The quantitative estimate of drug-likeness (QED) is 0.786. The number of halogens is 2. The maximum Gasteiger partial charge on any atom is 0.254 e. The maximum atomic E-state index is 12.7.